The van der Waals surface area contributed by atoms with Crippen LogP contribution in [0.15, 0.2) is 34.7 Å². The number of carboxylic acids is 1. The van der Waals surface area contributed by atoms with Crippen LogP contribution in [0.3, 0.4) is 0 Å². The standard InChI is InChI=1S/C15H12O3S/c1-8-3-4-11-10(5-8)7-12(18-11)14-9(2)6-13(19-14)15(16)17/h3-7H,1-2H3,(H,16,17). The van der Waals surface area contributed by atoms with Crippen LogP contribution in [0.4, 0.5) is 0 Å². The first-order chi connectivity index (χ1) is 9.04. The summed E-state index contributed by atoms with van der Waals surface area (Å²) in [6, 6.07) is 9.64. The van der Waals surface area contributed by atoms with Gasteiger partial charge in [0.25, 0.3) is 0 Å². The van der Waals surface area contributed by atoms with Crippen molar-refractivity contribution in [2.45, 2.75) is 13.8 Å². The minimum atomic E-state index is -0.897. The molecule has 0 radical (unpaired) electrons. The average molecular weight is 272 g/mol. The van der Waals surface area contributed by atoms with Gasteiger partial charge < -0.3 is 9.52 Å². The van der Waals surface area contributed by atoms with E-state index in [1.165, 1.54) is 16.9 Å². The molecule has 0 aliphatic carbocycles. The maximum atomic E-state index is 11.0. The van der Waals surface area contributed by atoms with Crippen molar-refractivity contribution in [3.05, 3.63) is 46.3 Å². The van der Waals surface area contributed by atoms with Gasteiger partial charge in [-0.25, -0.2) is 4.79 Å². The second-order valence-corrected chi connectivity index (χ2v) is 5.63. The van der Waals surface area contributed by atoms with Crippen molar-refractivity contribution in [2.24, 2.45) is 0 Å². The highest BCUT2D eigenvalue weighted by Crippen LogP contribution is 2.36. The number of fused-ring (bicyclic) bond motifs is 1. The molecule has 3 aromatic rings. The zero-order chi connectivity index (χ0) is 13.6. The van der Waals surface area contributed by atoms with Crippen LogP contribution in [0.1, 0.15) is 20.8 Å². The van der Waals surface area contributed by atoms with E-state index in [9.17, 15) is 4.79 Å². The summed E-state index contributed by atoms with van der Waals surface area (Å²) in [4.78, 5) is 12.2. The summed E-state index contributed by atoms with van der Waals surface area (Å²) in [5, 5.41) is 10.1. The highest BCUT2D eigenvalue weighted by atomic mass is 32.1. The first kappa shape index (κ1) is 12.0. The van der Waals surface area contributed by atoms with E-state index in [1.807, 2.05) is 32.0 Å². The lowest BCUT2D eigenvalue weighted by Gasteiger charge is -1.92. The second kappa shape index (κ2) is 4.24. The van der Waals surface area contributed by atoms with Crippen molar-refractivity contribution in [1.82, 2.24) is 0 Å². The molecule has 2 heterocycles. The van der Waals surface area contributed by atoms with Crippen LogP contribution in [-0.2, 0) is 0 Å². The van der Waals surface area contributed by atoms with Crippen molar-refractivity contribution in [3.63, 3.8) is 0 Å². The monoisotopic (exact) mass is 272 g/mol. The van der Waals surface area contributed by atoms with E-state index in [-0.39, 0.29) is 0 Å². The molecule has 0 amide bonds. The molecule has 3 nitrogen and oxygen atoms in total. The van der Waals surface area contributed by atoms with Gasteiger partial charge in [-0.2, -0.15) is 0 Å². The van der Waals surface area contributed by atoms with Crippen LogP contribution in [0.5, 0.6) is 0 Å². The summed E-state index contributed by atoms with van der Waals surface area (Å²) in [6.45, 7) is 3.93. The van der Waals surface area contributed by atoms with E-state index in [0.717, 1.165) is 27.2 Å². The largest absolute Gasteiger partial charge is 0.477 e. The lowest BCUT2D eigenvalue weighted by molar-refractivity contribution is 0.0702. The lowest BCUT2D eigenvalue weighted by Crippen LogP contribution is -1.89. The van der Waals surface area contributed by atoms with Crippen molar-refractivity contribution in [2.75, 3.05) is 0 Å². The minimum absolute atomic E-state index is 0.337. The maximum absolute atomic E-state index is 11.0. The number of carboxylic acid groups (broad SMARTS) is 1. The minimum Gasteiger partial charge on any atom is -0.477 e. The number of hydrogen-bond acceptors (Lipinski definition) is 3. The molecule has 3 rings (SSSR count). The van der Waals surface area contributed by atoms with Gasteiger partial charge in [-0.15, -0.1) is 11.3 Å². The fourth-order valence-corrected chi connectivity index (χ4v) is 3.07. The number of rotatable bonds is 2. The summed E-state index contributed by atoms with van der Waals surface area (Å²) >= 11 is 1.25. The molecule has 1 aromatic carbocycles. The Bertz CT molecular complexity index is 780. The quantitative estimate of drug-likeness (QED) is 0.748. The Balaban J connectivity index is 2.16. The van der Waals surface area contributed by atoms with Gasteiger partial charge in [0.2, 0.25) is 0 Å². The first-order valence-corrected chi connectivity index (χ1v) is 6.70. The molecule has 19 heavy (non-hydrogen) atoms. The summed E-state index contributed by atoms with van der Waals surface area (Å²) in [5.41, 5.74) is 2.93. The van der Waals surface area contributed by atoms with Crippen LogP contribution < -0.4 is 0 Å². The Hall–Kier alpha value is -2.07. The van der Waals surface area contributed by atoms with Crippen LogP contribution in [0, 0.1) is 13.8 Å². The normalized spacial score (nSPS) is 11.1. The van der Waals surface area contributed by atoms with Gasteiger partial charge in [0.1, 0.15) is 16.2 Å². The predicted molar refractivity (Wildman–Crippen MR) is 76.0 cm³/mol. The SMILES string of the molecule is Cc1ccc2oc(-c3sc(C(=O)O)cc3C)cc2c1. The van der Waals surface area contributed by atoms with Gasteiger partial charge in [-0.3, -0.25) is 0 Å². The number of aromatic carboxylic acids is 1. The molecule has 96 valence electrons. The molecule has 2 aromatic heterocycles. The van der Waals surface area contributed by atoms with E-state index >= 15 is 0 Å². The predicted octanol–water partition coefficient (Wildman–Crippen LogP) is 4.48. The second-order valence-electron chi connectivity index (χ2n) is 4.58. The van der Waals surface area contributed by atoms with E-state index in [4.69, 9.17) is 9.52 Å². The fourth-order valence-electron chi connectivity index (χ4n) is 2.11. The van der Waals surface area contributed by atoms with Crippen LogP contribution >= 0.6 is 11.3 Å². The molecule has 0 unspecified atom stereocenters. The van der Waals surface area contributed by atoms with Crippen molar-refractivity contribution in [1.29, 1.82) is 0 Å². The molecule has 0 bridgehead atoms. The third-order valence-electron chi connectivity index (χ3n) is 3.02. The topological polar surface area (TPSA) is 50.4 Å². The summed E-state index contributed by atoms with van der Waals surface area (Å²) in [7, 11) is 0. The molecular formula is C15H12O3S. The van der Waals surface area contributed by atoms with Crippen molar-refractivity contribution >= 4 is 28.3 Å². The van der Waals surface area contributed by atoms with Crippen LogP contribution in [-0.4, -0.2) is 11.1 Å². The number of aryl methyl sites for hydroxylation is 2. The van der Waals surface area contributed by atoms with Gasteiger partial charge in [0.05, 0.1) is 4.88 Å². The molecule has 0 saturated carbocycles. The zero-order valence-electron chi connectivity index (χ0n) is 10.6. The van der Waals surface area contributed by atoms with E-state index in [0.29, 0.717) is 4.88 Å². The zero-order valence-corrected chi connectivity index (χ0v) is 11.4. The lowest BCUT2D eigenvalue weighted by atomic mass is 10.1. The van der Waals surface area contributed by atoms with Crippen LogP contribution in [0.2, 0.25) is 0 Å². The fraction of sp³-hybridized carbons (Fsp3) is 0.133. The smallest absolute Gasteiger partial charge is 0.345 e. The molecule has 1 N–H and O–H groups in total. The Labute approximate surface area is 114 Å². The average Bonchev–Trinajstić information content (AvgIpc) is 2.91. The Kier molecular flexibility index (Phi) is 2.68. The number of benzene rings is 1. The maximum Gasteiger partial charge on any atom is 0.345 e. The molecule has 0 saturated heterocycles. The third kappa shape index (κ3) is 2.04. The van der Waals surface area contributed by atoms with E-state index < -0.39 is 5.97 Å². The first-order valence-electron chi connectivity index (χ1n) is 5.89. The summed E-state index contributed by atoms with van der Waals surface area (Å²) < 4.78 is 5.80. The summed E-state index contributed by atoms with van der Waals surface area (Å²) in [5.74, 6) is -0.165. The van der Waals surface area contributed by atoms with Gasteiger partial charge in [0.15, 0.2) is 0 Å². The highest BCUT2D eigenvalue weighted by Gasteiger charge is 2.15. The number of carbonyl (C=O) groups is 1. The van der Waals surface area contributed by atoms with E-state index in [2.05, 4.69) is 6.07 Å². The van der Waals surface area contributed by atoms with Crippen molar-refractivity contribution < 1.29 is 14.3 Å². The number of hydrogen-bond donors (Lipinski definition) is 1. The van der Waals surface area contributed by atoms with E-state index in [1.54, 1.807) is 6.07 Å². The van der Waals surface area contributed by atoms with Gasteiger partial charge in [-0.05, 0) is 43.7 Å². The van der Waals surface area contributed by atoms with Crippen LogP contribution in [0.25, 0.3) is 21.6 Å². The Morgan fingerprint density at radius 2 is 2.00 bits per heavy atom. The highest BCUT2D eigenvalue weighted by molar-refractivity contribution is 7.17. The van der Waals surface area contributed by atoms with Crippen molar-refractivity contribution in [3.8, 4) is 10.6 Å². The molecule has 0 fully saturated rings. The Morgan fingerprint density at radius 1 is 1.21 bits per heavy atom. The van der Waals surface area contributed by atoms with Gasteiger partial charge in [-0.1, -0.05) is 11.6 Å². The molecule has 0 aliphatic heterocycles. The number of thiophene rings is 1. The molecule has 0 aliphatic rings. The molecule has 4 heteroatoms. The molecule has 0 spiro atoms. The Morgan fingerprint density at radius 3 is 2.68 bits per heavy atom. The van der Waals surface area contributed by atoms with Gasteiger partial charge in [0, 0.05) is 5.39 Å². The molecule has 0 atom stereocenters. The third-order valence-corrected chi connectivity index (χ3v) is 4.26. The number of furan rings is 1. The van der Waals surface area contributed by atoms with Gasteiger partial charge >= 0.3 is 5.97 Å². The molecular weight excluding hydrogens is 260 g/mol. The summed E-state index contributed by atoms with van der Waals surface area (Å²) in [6.07, 6.45) is 0.